The molecule has 2 aliphatic heterocycles. The summed E-state index contributed by atoms with van der Waals surface area (Å²) < 4.78 is 0. The van der Waals surface area contributed by atoms with Crippen LogP contribution in [-0.4, -0.2) is 42.6 Å². The van der Waals surface area contributed by atoms with E-state index in [-0.39, 0.29) is 6.03 Å². The number of nitrogens with zero attached hydrogens (tertiary/aromatic N) is 1. The lowest BCUT2D eigenvalue weighted by molar-refractivity contribution is 0.182. The second kappa shape index (κ2) is 6.24. The van der Waals surface area contributed by atoms with E-state index in [0.717, 1.165) is 38.9 Å². The molecule has 2 atom stereocenters. The van der Waals surface area contributed by atoms with Crippen LogP contribution in [0, 0.1) is 0 Å². The van der Waals surface area contributed by atoms with E-state index >= 15 is 0 Å². The Morgan fingerprint density at radius 1 is 1.41 bits per heavy atom. The molecule has 2 saturated heterocycles. The number of hydrogen-bond donors (Lipinski definition) is 2. The lowest BCUT2D eigenvalue weighted by Gasteiger charge is -2.29. The highest BCUT2D eigenvalue weighted by Crippen LogP contribution is 2.24. The Kier molecular flexibility index (Phi) is 4.66. The molecule has 0 spiro atoms. The summed E-state index contributed by atoms with van der Waals surface area (Å²) in [4.78, 5) is 14.1. The van der Waals surface area contributed by atoms with Gasteiger partial charge in [-0.1, -0.05) is 13.3 Å². The molecule has 0 aromatic rings. The number of unbranched alkanes of at least 4 members (excludes halogenated alkanes) is 1. The maximum absolute atomic E-state index is 12.1. The molecule has 2 N–H and O–H groups in total. The number of likely N-dealkylation sites (tertiary alicyclic amines) is 1. The first-order chi connectivity index (χ1) is 8.33. The molecule has 0 aromatic heterocycles. The van der Waals surface area contributed by atoms with Gasteiger partial charge in [-0.15, -0.1) is 0 Å². The Bertz CT molecular complexity index is 251. The zero-order chi connectivity index (χ0) is 12.1. The average molecular weight is 239 g/mol. The molecule has 2 heterocycles. The van der Waals surface area contributed by atoms with Gasteiger partial charge in [0.25, 0.3) is 0 Å². The third-order valence-corrected chi connectivity index (χ3v) is 3.93. The lowest BCUT2D eigenvalue weighted by atomic mass is 10.0. The number of amides is 2. The van der Waals surface area contributed by atoms with Crippen molar-refractivity contribution in [3.05, 3.63) is 0 Å². The zero-order valence-electron chi connectivity index (χ0n) is 10.9. The van der Waals surface area contributed by atoms with E-state index in [1.165, 1.54) is 19.3 Å². The van der Waals surface area contributed by atoms with Crippen LogP contribution < -0.4 is 10.6 Å². The fraction of sp³-hybridized carbons (Fsp3) is 0.923. The van der Waals surface area contributed by atoms with Crippen molar-refractivity contribution in [2.45, 2.75) is 57.5 Å². The highest BCUT2D eigenvalue weighted by atomic mass is 16.2. The standard InChI is InChI=1S/C13H25N3O/c1-2-3-8-15-13(17)16-10-5-7-12(16)11-6-4-9-14-11/h11-12,14H,2-10H2,1H3,(H,15,17). The van der Waals surface area contributed by atoms with Crippen molar-refractivity contribution in [2.24, 2.45) is 0 Å². The maximum Gasteiger partial charge on any atom is 0.317 e. The fourth-order valence-electron chi connectivity index (χ4n) is 2.98. The largest absolute Gasteiger partial charge is 0.338 e. The van der Waals surface area contributed by atoms with Crippen LogP contribution in [0.3, 0.4) is 0 Å². The Labute approximate surface area is 104 Å². The molecule has 0 saturated carbocycles. The minimum Gasteiger partial charge on any atom is -0.338 e. The predicted octanol–water partition coefficient (Wildman–Crippen LogP) is 1.71. The number of carbonyl (C=O) groups is 1. The van der Waals surface area contributed by atoms with Crippen molar-refractivity contribution in [1.29, 1.82) is 0 Å². The van der Waals surface area contributed by atoms with Crippen LogP contribution in [0.1, 0.15) is 45.4 Å². The molecule has 2 rings (SSSR count). The maximum atomic E-state index is 12.1. The fourth-order valence-corrected chi connectivity index (χ4v) is 2.98. The van der Waals surface area contributed by atoms with Gasteiger partial charge >= 0.3 is 6.03 Å². The topological polar surface area (TPSA) is 44.4 Å². The summed E-state index contributed by atoms with van der Waals surface area (Å²) in [6, 6.07) is 1.11. The van der Waals surface area contributed by atoms with Crippen molar-refractivity contribution < 1.29 is 4.79 Å². The second-order valence-electron chi connectivity index (χ2n) is 5.19. The third-order valence-electron chi connectivity index (χ3n) is 3.93. The first kappa shape index (κ1) is 12.7. The summed E-state index contributed by atoms with van der Waals surface area (Å²) in [5.74, 6) is 0. The Morgan fingerprint density at radius 2 is 2.29 bits per heavy atom. The summed E-state index contributed by atoms with van der Waals surface area (Å²) in [7, 11) is 0. The van der Waals surface area contributed by atoms with E-state index in [1.54, 1.807) is 0 Å². The Morgan fingerprint density at radius 3 is 3.00 bits per heavy atom. The van der Waals surface area contributed by atoms with Crippen LogP contribution >= 0.6 is 0 Å². The summed E-state index contributed by atoms with van der Waals surface area (Å²) in [5, 5.41) is 6.57. The quantitative estimate of drug-likeness (QED) is 0.734. The highest BCUT2D eigenvalue weighted by Gasteiger charge is 2.35. The molecule has 0 aromatic carbocycles. The highest BCUT2D eigenvalue weighted by molar-refractivity contribution is 5.74. The number of nitrogens with one attached hydrogen (secondary N) is 2. The summed E-state index contributed by atoms with van der Waals surface area (Å²) >= 11 is 0. The van der Waals surface area contributed by atoms with E-state index in [0.29, 0.717) is 12.1 Å². The van der Waals surface area contributed by atoms with Gasteiger partial charge in [0.1, 0.15) is 0 Å². The molecule has 98 valence electrons. The smallest absolute Gasteiger partial charge is 0.317 e. The molecule has 2 amide bonds. The van der Waals surface area contributed by atoms with Crippen LogP contribution in [-0.2, 0) is 0 Å². The Hall–Kier alpha value is -0.770. The van der Waals surface area contributed by atoms with Gasteiger partial charge in [-0.2, -0.15) is 0 Å². The molecule has 4 nitrogen and oxygen atoms in total. The zero-order valence-corrected chi connectivity index (χ0v) is 10.9. The van der Waals surface area contributed by atoms with Crippen molar-refractivity contribution in [1.82, 2.24) is 15.5 Å². The minimum absolute atomic E-state index is 0.148. The molecule has 2 fully saturated rings. The van der Waals surface area contributed by atoms with Crippen LogP contribution in [0.25, 0.3) is 0 Å². The van der Waals surface area contributed by atoms with Crippen molar-refractivity contribution in [3.8, 4) is 0 Å². The molecule has 17 heavy (non-hydrogen) atoms. The molecular formula is C13H25N3O. The summed E-state index contributed by atoms with van der Waals surface area (Å²) in [5.41, 5.74) is 0. The minimum atomic E-state index is 0.148. The summed E-state index contributed by atoms with van der Waals surface area (Å²) in [6.07, 6.45) is 7.01. The van der Waals surface area contributed by atoms with Crippen LogP contribution in [0.15, 0.2) is 0 Å². The van der Waals surface area contributed by atoms with Crippen molar-refractivity contribution in [2.75, 3.05) is 19.6 Å². The van der Waals surface area contributed by atoms with Gasteiger partial charge in [-0.3, -0.25) is 0 Å². The van der Waals surface area contributed by atoms with Crippen LogP contribution in [0.5, 0.6) is 0 Å². The normalized spacial score (nSPS) is 28.6. The van der Waals surface area contributed by atoms with Gasteiger partial charge in [-0.05, 0) is 38.6 Å². The van der Waals surface area contributed by atoms with E-state index in [1.807, 2.05) is 0 Å². The predicted molar refractivity (Wildman–Crippen MR) is 69.1 cm³/mol. The van der Waals surface area contributed by atoms with E-state index in [2.05, 4.69) is 22.5 Å². The van der Waals surface area contributed by atoms with E-state index in [4.69, 9.17) is 0 Å². The first-order valence-electron chi connectivity index (χ1n) is 7.10. The lowest BCUT2D eigenvalue weighted by Crippen LogP contribution is -2.50. The number of rotatable bonds is 4. The molecule has 2 aliphatic rings. The van der Waals surface area contributed by atoms with Gasteiger partial charge < -0.3 is 15.5 Å². The molecule has 0 aliphatic carbocycles. The molecule has 0 bridgehead atoms. The third kappa shape index (κ3) is 3.12. The number of carbonyl (C=O) groups excluding carboxylic acids is 1. The van der Waals surface area contributed by atoms with Crippen LogP contribution in [0.4, 0.5) is 4.79 Å². The SMILES string of the molecule is CCCCNC(=O)N1CCCC1C1CCCN1. The molecule has 0 radical (unpaired) electrons. The van der Waals surface area contributed by atoms with Crippen LogP contribution in [0.2, 0.25) is 0 Å². The van der Waals surface area contributed by atoms with E-state index in [9.17, 15) is 4.79 Å². The van der Waals surface area contributed by atoms with Crippen molar-refractivity contribution >= 4 is 6.03 Å². The molecule has 2 unspecified atom stereocenters. The monoisotopic (exact) mass is 239 g/mol. The summed E-state index contributed by atoms with van der Waals surface area (Å²) in [6.45, 7) is 5.01. The van der Waals surface area contributed by atoms with Gasteiger partial charge in [0.15, 0.2) is 0 Å². The molecule has 4 heteroatoms. The Balaban J connectivity index is 1.83. The van der Waals surface area contributed by atoms with Gasteiger partial charge in [0, 0.05) is 25.2 Å². The van der Waals surface area contributed by atoms with Gasteiger partial charge in [0.05, 0.1) is 0 Å². The van der Waals surface area contributed by atoms with Gasteiger partial charge in [-0.25, -0.2) is 4.79 Å². The number of urea groups is 1. The van der Waals surface area contributed by atoms with Crippen molar-refractivity contribution in [3.63, 3.8) is 0 Å². The first-order valence-corrected chi connectivity index (χ1v) is 7.10. The number of hydrogen-bond acceptors (Lipinski definition) is 2. The van der Waals surface area contributed by atoms with E-state index < -0.39 is 0 Å². The van der Waals surface area contributed by atoms with Gasteiger partial charge in [0.2, 0.25) is 0 Å². The molecular weight excluding hydrogens is 214 g/mol. The average Bonchev–Trinajstić information content (AvgIpc) is 2.99. The second-order valence-corrected chi connectivity index (χ2v) is 5.19.